The first kappa shape index (κ1) is 20.8. The lowest BCUT2D eigenvalue weighted by molar-refractivity contribution is -0.464. The number of thioether (sulfide) groups is 1. The Kier molecular flexibility index (Phi) is 8.44. The number of likely N-dealkylation sites (tertiary alicyclic amines) is 1. The highest BCUT2D eigenvalue weighted by atomic mass is 32.2. The summed E-state index contributed by atoms with van der Waals surface area (Å²) >= 11 is 1.74. The summed E-state index contributed by atoms with van der Waals surface area (Å²) in [6.07, 6.45) is 2.17. The molecular weight excluding hydrogens is 352 g/mol. The molecule has 0 saturated carbocycles. The minimum absolute atomic E-state index is 0.175. The summed E-state index contributed by atoms with van der Waals surface area (Å²) in [5.74, 6) is 4.89. The standard InChI is InChI=1S/C18H30N4O3S/c1-15-6-9-21(10-7-15)18(13-22(23)24)19-8-11-26-14-17-5-4-16(25-17)12-20(2)3/h4-5,15H,6-14H2,1-3H3. The highest BCUT2D eigenvalue weighted by Gasteiger charge is 2.21. The van der Waals surface area contributed by atoms with Gasteiger partial charge in [0.05, 0.1) is 18.8 Å². The molecule has 0 aromatic carbocycles. The first-order chi connectivity index (χ1) is 12.4. The zero-order valence-electron chi connectivity index (χ0n) is 16.0. The SMILES string of the molecule is CC1CCN(C(C[N+](=O)[O-])=NCCSCc2ccc(CN(C)C)o2)CC1. The van der Waals surface area contributed by atoms with E-state index in [1.165, 1.54) is 0 Å². The van der Waals surface area contributed by atoms with Gasteiger partial charge < -0.3 is 14.2 Å². The molecule has 1 aliphatic rings. The Morgan fingerprint density at radius 2 is 2.08 bits per heavy atom. The van der Waals surface area contributed by atoms with E-state index in [1.807, 2.05) is 26.2 Å². The summed E-state index contributed by atoms with van der Waals surface area (Å²) < 4.78 is 5.78. The molecular formula is C18H30N4O3S. The van der Waals surface area contributed by atoms with Gasteiger partial charge in [-0.1, -0.05) is 6.92 Å². The molecule has 1 aliphatic heterocycles. The second kappa shape index (κ2) is 10.6. The maximum absolute atomic E-state index is 10.9. The van der Waals surface area contributed by atoms with Crippen LogP contribution in [-0.2, 0) is 12.3 Å². The quantitative estimate of drug-likeness (QED) is 0.215. The zero-order chi connectivity index (χ0) is 18.9. The Morgan fingerprint density at radius 3 is 2.73 bits per heavy atom. The van der Waals surface area contributed by atoms with Crippen molar-refractivity contribution in [2.75, 3.05) is 46.0 Å². The van der Waals surface area contributed by atoms with Gasteiger partial charge in [-0.3, -0.25) is 15.1 Å². The average molecular weight is 383 g/mol. The van der Waals surface area contributed by atoms with Crippen molar-refractivity contribution < 1.29 is 9.34 Å². The molecule has 8 heteroatoms. The third-order valence-electron chi connectivity index (χ3n) is 4.38. The first-order valence-electron chi connectivity index (χ1n) is 9.14. The molecule has 2 heterocycles. The smallest absolute Gasteiger partial charge is 0.260 e. The average Bonchev–Trinajstić information content (AvgIpc) is 3.00. The van der Waals surface area contributed by atoms with Crippen LogP contribution in [-0.4, -0.2) is 66.6 Å². The fraction of sp³-hybridized carbons (Fsp3) is 0.722. The van der Waals surface area contributed by atoms with Crippen molar-refractivity contribution in [3.8, 4) is 0 Å². The molecule has 1 aromatic rings. The molecule has 0 aliphatic carbocycles. The number of hydrogen-bond acceptors (Lipinski definition) is 6. The van der Waals surface area contributed by atoms with Crippen molar-refractivity contribution in [1.82, 2.24) is 9.80 Å². The fourth-order valence-corrected chi connectivity index (χ4v) is 3.66. The van der Waals surface area contributed by atoms with Gasteiger partial charge in [0.15, 0.2) is 5.84 Å². The van der Waals surface area contributed by atoms with Crippen LogP contribution in [0.5, 0.6) is 0 Å². The van der Waals surface area contributed by atoms with E-state index < -0.39 is 0 Å². The molecule has 0 radical (unpaired) electrons. The third-order valence-corrected chi connectivity index (χ3v) is 5.34. The number of furan rings is 1. The Balaban J connectivity index is 1.76. The van der Waals surface area contributed by atoms with Crippen molar-refractivity contribution in [3.63, 3.8) is 0 Å². The highest BCUT2D eigenvalue weighted by Crippen LogP contribution is 2.18. The lowest BCUT2D eigenvalue weighted by atomic mass is 9.99. The summed E-state index contributed by atoms with van der Waals surface area (Å²) in [5, 5.41) is 10.9. The Hall–Kier alpha value is -1.54. The number of nitro groups is 1. The van der Waals surface area contributed by atoms with Gasteiger partial charge in [0, 0.05) is 23.8 Å². The van der Waals surface area contributed by atoms with Gasteiger partial charge in [0.1, 0.15) is 11.5 Å². The molecule has 2 rings (SSSR count). The molecule has 146 valence electrons. The number of aliphatic imine (C=N–C) groups is 1. The summed E-state index contributed by atoms with van der Waals surface area (Å²) in [6.45, 7) is 5.21. The molecule has 0 spiro atoms. The van der Waals surface area contributed by atoms with Crippen molar-refractivity contribution >= 4 is 17.6 Å². The topological polar surface area (TPSA) is 75.1 Å². The maximum atomic E-state index is 10.9. The van der Waals surface area contributed by atoms with Crippen molar-refractivity contribution in [2.45, 2.75) is 32.1 Å². The van der Waals surface area contributed by atoms with Crippen molar-refractivity contribution in [1.29, 1.82) is 0 Å². The summed E-state index contributed by atoms with van der Waals surface area (Å²) in [4.78, 5) is 19.4. The second-order valence-electron chi connectivity index (χ2n) is 7.12. The number of piperidine rings is 1. The van der Waals surface area contributed by atoms with Gasteiger partial charge in [-0.2, -0.15) is 11.8 Å². The number of hydrogen-bond donors (Lipinski definition) is 0. The monoisotopic (exact) mass is 382 g/mol. The minimum atomic E-state index is -0.279. The van der Waals surface area contributed by atoms with Gasteiger partial charge in [0.25, 0.3) is 6.54 Å². The van der Waals surface area contributed by atoms with Crippen LogP contribution in [0.2, 0.25) is 0 Å². The Morgan fingerprint density at radius 1 is 1.38 bits per heavy atom. The van der Waals surface area contributed by atoms with Crippen LogP contribution >= 0.6 is 11.8 Å². The van der Waals surface area contributed by atoms with Crippen molar-refractivity contribution in [2.24, 2.45) is 10.9 Å². The summed E-state index contributed by atoms with van der Waals surface area (Å²) in [5.41, 5.74) is 0. The normalized spacial score (nSPS) is 16.5. The van der Waals surface area contributed by atoms with Gasteiger partial charge in [0.2, 0.25) is 0 Å². The van der Waals surface area contributed by atoms with Gasteiger partial charge in [-0.25, -0.2) is 0 Å². The molecule has 0 amide bonds. The lowest BCUT2D eigenvalue weighted by Crippen LogP contribution is -2.41. The molecule has 1 aromatic heterocycles. The van der Waals surface area contributed by atoms with Crippen LogP contribution in [0, 0.1) is 16.0 Å². The van der Waals surface area contributed by atoms with Crippen molar-refractivity contribution in [3.05, 3.63) is 33.8 Å². The third kappa shape index (κ3) is 7.37. The molecule has 0 unspecified atom stereocenters. The molecule has 1 saturated heterocycles. The molecule has 0 bridgehead atoms. The molecule has 7 nitrogen and oxygen atoms in total. The number of nitrogens with zero attached hydrogens (tertiary/aromatic N) is 4. The molecule has 1 fully saturated rings. The summed E-state index contributed by atoms with van der Waals surface area (Å²) in [6, 6.07) is 4.03. The maximum Gasteiger partial charge on any atom is 0.260 e. The first-order valence-corrected chi connectivity index (χ1v) is 10.3. The Labute approximate surface area is 160 Å². The van der Waals surface area contributed by atoms with Crippen LogP contribution in [0.4, 0.5) is 0 Å². The molecule has 0 N–H and O–H groups in total. The lowest BCUT2D eigenvalue weighted by Gasteiger charge is -2.31. The van der Waals surface area contributed by atoms with E-state index in [1.54, 1.807) is 11.8 Å². The predicted molar refractivity (Wildman–Crippen MR) is 106 cm³/mol. The minimum Gasteiger partial charge on any atom is -0.464 e. The number of rotatable bonds is 9. The largest absolute Gasteiger partial charge is 0.464 e. The van der Waals surface area contributed by atoms with E-state index in [-0.39, 0.29) is 11.5 Å². The van der Waals surface area contributed by atoms with E-state index in [0.29, 0.717) is 18.3 Å². The zero-order valence-corrected chi connectivity index (χ0v) is 16.8. The van der Waals surface area contributed by atoms with E-state index >= 15 is 0 Å². The van der Waals surface area contributed by atoms with Crippen LogP contribution in [0.1, 0.15) is 31.3 Å². The molecule has 26 heavy (non-hydrogen) atoms. The predicted octanol–water partition coefficient (Wildman–Crippen LogP) is 2.98. The van der Waals surface area contributed by atoms with E-state index in [0.717, 1.165) is 55.5 Å². The van der Waals surface area contributed by atoms with Gasteiger partial charge in [-0.15, -0.1) is 0 Å². The van der Waals surface area contributed by atoms with E-state index in [4.69, 9.17) is 4.42 Å². The second-order valence-corrected chi connectivity index (χ2v) is 8.22. The van der Waals surface area contributed by atoms with E-state index in [2.05, 4.69) is 21.7 Å². The van der Waals surface area contributed by atoms with Crippen LogP contribution < -0.4 is 0 Å². The highest BCUT2D eigenvalue weighted by molar-refractivity contribution is 7.98. The van der Waals surface area contributed by atoms with Gasteiger partial charge >= 0.3 is 0 Å². The van der Waals surface area contributed by atoms with Crippen LogP contribution in [0.15, 0.2) is 21.5 Å². The fourth-order valence-electron chi connectivity index (χ4n) is 2.94. The Bertz CT molecular complexity index is 595. The van der Waals surface area contributed by atoms with Gasteiger partial charge in [-0.05, 0) is 45.0 Å². The number of amidine groups is 1. The summed E-state index contributed by atoms with van der Waals surface area (Å²) in [7, 11) is 4.03. The van der Waals surface area contributed by atoms with E-state index in [9.17, 15) is 10.1 Å². The molecule has 0 atom stereocenters. The van der Waals surface area contributed by atoms with Crippen LogP contribution in [0.3, 0.4) is 0 Å². The van der Waals surface area contributed by atoms with Crippen LogP contribution in [0.25, 0.3) is 0 Å².